The van der Waals surface area contributed by atoms with E-state index in [1.165, 1.54) is 24.2 Å². The Labute approximate surface area is 131 Å². The van der Waals surface area contributed by atoms with E-state index in [2.05, 4.69) is 9.97 Å². The topological polar surface area (TPSA) is 78.4 Å². The maximum Gasteiger partial charge on any atom is 0.341 e. The second kappa shape index (κ2) is 7.56. The fourth-order valence-corrected chi connectivity index (χ4v) is 1.92. The Morgan fingerprint density at radius 1 is 1.09 bits per heavy atom. The van der Waals surface area contributed by atoms with Crippen LogP contribution in [0.2, 0.25) is 0 Å². The molecule has 2 aromatic rings. The third-order valence-electron chi connectivity index (χ3n) is 2.79. The van der Waals surface area contributed by atoms with Crippen LogP contribution < -0.4 is 4.74 Å². The smallest absolute Gasteiger partial charge is 0.341 e. The number of carbonyl (C=O) groups excluding carboxylic acids is 2. The molecular formula is C15H14N2O4S. The highest BCUT2D eigenvalue weighted by Crippen LogP contribution is 2.12. The predicted octanol–water partition coefficient (Wildman–Crippen LogP) is 2.25. The first-order chi connectivity index (χ1) is 10.6. The van der Waals surface area contributed by atoms with Gasteiger partial charge in [0.2, 0.25) is 0 Å². The van der Waals surface area contributed by atoms with E-state index in [-0.39, 0.29) is 18.0 Å². The molecule has 0 aliphatic heterocycles. The van der Waals surface area contributed by atoms with E-state index in [1.807, 2.05) is 6.26 Å². The van der Waals surface area contributed by atoms with Crippen LogP contribution in [0.5, 0.6) is 5.75 Å². The molecule has 0 aliphatic rings. The van der Waals surface area contributed by atoms with Gasteiger partial charge in [-0.25, -0.2) is 14.8 Å². The van der Waals surface area contributed by atoms with Gasteiger partial charge in [-0.1, -0.05) is 11.8 Å². The van der Waals surface area contributed by atoms with Crippen molar-refractivity contribution in [1.82, 2.24) is 9.97 Å². The third-order valence-corrected chi connectivity index (χ3v) is 3.37. The second-order valence-corrected chi connectivity index (χ2v) is 4.96. The molecule has 1 aromatic heterocycles. The van der Waals surface area contributed by atoms with Crippen molar-refractivity contribution >= 4 is 23.5 Å². The molecule has 0 saturated carbocycles. The van der Waals surface area contributed by atoms with Crippen LogP contribution >= 0.6 is 11.8 Å². The van der Waals surface area contributed by atoms with Gasteiger partial charge in [0.05, 0.1) is 12.7 Å². The minimum absolute atomic E-state index is 0.209. The number of ether oxygens (including phenoxy) is 2. The molecule has 0 aliphatic carbocycles. The summed E-state index contributed by atoms with van der Waals surface area (Å²) in [5.41, 5.74) is 0.655. The second-order valence-electron chi connectivity index (χ2n) is 4.19. The molecule has 0 saturated heterocycles. The molecule has 6 nitrogen and oxygen atoms in total. The largest absolute Gasteiger partial charge is 0.497 e. The number of hydrogen-bond acceptors (Lipinski definition) is 7. The highest BCUT2D eigenvalue weighted by molar-refractivity contribution is 7.98. The van der Waals surface area contributed by atoms with Crippen molar-refractivity contribution in [1.29, 1.82) is 0 Å². The third kappa shape index (κ3) is 4.05. The first-order valence-corrected chi connectivity index (χ1v) is 7.57. The van der Waals surface area contributed by atoms with Gasteiger partial charge in [0.15, 0.2) is 17.5 Å². The van der Waals surface area contributed by atoms with Crippen LogP contribution in [0.1, 0.15) is 20.7 Å². The Hall–Kier alpha value is -2.41. The molecule has 0 N–H and O–H groups in total. The van der Waals surface area contributed by atoms with Crippen molar-refractivity contribution in [3.05, 3.63) is 47.8 Å². The van der Waals surface area contributed by atoms with Gasteiger partial charge in [0.25, 0.3) is 0 Å². The zero-order valence-corrected chi connectivity index (χ0v) is 12.9. The maximum atomic E-state index is 11.9. The van der Waals surface area contributed by atoms with E-state index in [0.717, 1.165) is 0 Å². The summed E-state index contributed by atoms with van der Waals surface area (Å²) < 4.78 is 9.98. The summed E-state index contributed by atoms with van der Waals surface area (Å²) >= 11 is 1.37. The van der Waals surface area contributed by atoms with Crippen molar-refractivity contribution < 1.29 is 19.1 Å². The van der Waals surface area contributed by atoms with Gasteiger partial charge in [-0.05, 0) is 30.5 Å². The number of ketones is 1. The predicted molar refractivity (Wildman–Crippen MR) is 81.4 cm³/mol. The number of rotatable bonds is 6. The normalized spacial score (nSPS) is 10.1. The van der Waals surface area contributed by atoms with Gasteiger partial charge >= 0.3 is 5.97 Å². The minimum atomic E-state index is -0.630. The van der Waals surface area contributed by atoms with E-state index in [1.54, 1.807) is 31.4 Å². The number of nitrogens with zero attached hydrogens (tertiary/aromatic N) is 2. The number of Topliss-reactive ketones (excluding diaryl/α,β-unsaturated/α-hetero) is 1. The first kappa shape index (κ1) is 16.0. The van der Waals surface area contributed by atoms with Gasteiger partial charge < -0.3 is 9.47 Å². The Morgan fingerprint density at radius 3 is 2.27 bits per heavy atom. The molecule has 0 atom stereocenters. The number of hydrogen-bond donors (Lipinski definition) is 0. The average Bonchev–Trinajstić information content (AvgIpc) is 2.59. The maximum absolute atomic E-state index is 11.9. The Bertz CT molecular complexity index is 597. The van der Waals surface area contributed by atoms with Crippen LogP contribution in [0.4, 0.5) is 0 Å². The average molecular weight is 318 g/mol. The highest BCUT2D eigenvalue weighted by atomic mass is 32.2. The van der Waals surface area contributed by atoms with Crippen molar-refractivity contribution in [3.8, 4) is 5.75 Å². The van der Waals surface area contributed by atoms with Gasteiger partial charge in [0.1, 0.15) is 5.75 Å². The number of thioether (sulfide) groups is 1. The molecule has 114 valence electrons. The Morgan fingerprint density at radius 2 is 1.73 bits per heavy atom. The standard InChI is InChI=1S/C15H14N2O4S/c1-20-12-5-3-10(4-6-12)13(18)9-21-14(19)11-7-16-15(22-2)17-8-11/h3-8H,9H2,1-2H3. The molecule has 0 bridgehead atoms. The lowest BCUT2D eigenvalue weighted by Crippen LogP contribution is -2.14. The number of carbonyl (C=O) groups is 2. The number of esters is 1. The molecule has 22 heavy (non-hydrogen) atoms. The lowest BCUT2D eigenvalue weighted by atomic mass is 10.1. The summed E-state index contributed by atoms with van der Waals surface area (Å²) in [6, 6.07) is 6.57. The van der Waals surface area contributed by atoms with Gasteiger partial charge in [0, 0.05) is 18.0 Å². The molecule has 1 aromatic carbocycles. The van der Waals surface area contributed by atoms with Gasteiger partial charge in [-0.2, -0.15) is 0 Å². The van der Waals surface area contributed by atoms with Crippen LogP contribution in [0.15, 0.2) is 41.8 Å². The number of aromatic nitrogens is 2. The summed E-state index contributed by atoms with van der Waals surface area (Å²) in [5, 5.41) is 0.561. The van der Waals surface area contributed by atoms with Gasteiger partial charge in [-0.15, -0.1) is 0 Å². The Kier molecular flexibility index (Phi) is 5.48. The van der Waals surface area contributed by atoms with Crippen LogP contribution in [-0.2, 0) is 4.74 Å². The first-order valence-electron chi connectivity index (χ1n) is 6.34. The van der Waals surface area contributed by atoms with Crippen LogP contribution in [0, 0.1) is 0 Å². The van der Waals surface area contributed by atoms with Gasteiger partial charge in [-0.3, -0.25) is 4.79 Å². The summed E-state index contributed by atoms with van der Waals surface area (Å²) in [7, 11) is 1.54. The molecule has 0 unspecified atom stereocenters. The van der Waals surface area contributed by atoms with Crippen molar-refractivity contribution in [2.24, 2.45) is 0 Å². The number of methoxy groups -OCH3 is 1. The summed E-state index contributed by atoms with van der Waals surface area (Å²) in [6.07, 6.45) is 4.58. The molecular weight excluding hydrogens is 304 g/mol. The summed E-state index contributed by atoms with van der Waals surface area (Å²) in [4.78, 5) is 31.7. The molecule has 0 radical (unpaired) electrons. The van der Waals surface area contributed by atoms with Crippen LogP contribution in [0.3, 0.4) is 0 Å². The van der Waals surface area contributed by atoms with Crippen LogP contribution in [-0.4, -0.2) is 41.7 Å². The van der Waals surface area contributed by atoms with E-state index in [0.29, 0.717) is 16.5 Å². The quantitative estimate of drug-likeness (QED) is 0.350. The highest BCUT2D eigenvalue weighted by Gasteiger charge is 2.13. The lowest BCUT2D eigenvalue weighted by molar-refractivity contribution is 0.0473. The fourth-order valence-electron chi connectivity index (χ4n) is 1.60. The molecule has 0 amide bonds. The zero-order valence-electron chi connectivity index (χ0n) is 12.1. The lowest BCUT2D eigenvalue weighted by Gasteiger charge is -2.05. The SMILES string of the molecule is COc1ccc(C(=O)COC(=O)c2cnc(SC)nc2)cc1. The van der Waals surface area contributed by atoms with Crippen molar-refractivity contribution in [3.63, 3.8) is 0 Å². The molecule has 0 fully saturated rings. The van der Waals surface area contributed by atoms with E-state index < -0.39 is 5.97 Å². The summed E-state index contributed by atoms with van der Waals surface area (Å²) in [6.45, 7) is -0.338. The molecule has 2 rings (SSSR count). The van der Waals surface area contributed by atoms with Crippen molar-refractivity contribution in [2.75, 3.05) is 20.0 Å². The van der Waals surface area contributed by atoms with E-state index in [9.17, 15) is 9.59 Å². The fraction of sp³-hybridized carbons (Fsp3) is 0.200. The van der Waals surface area contributed by atoms with E-state index >= 15 is 0 Å². The summed E-state index contributed by atoms with van der Waals surface area (Å²) in [5.74, 6) is -0.272. The monoisotopic (exact) mass is 318 g/mol. The molecule has 0 spiro atoms. The van der Waals surface area contributed by atoms with Crippen molar-refractivity contribution in [2.45, 2.75) is 5.16 Å². The number of benzene rings is 1. The molecule has 7 heteroatoms. The molecule has 1 heterocycles. The van der Waals surface area contributed by atoms with E-state index in [4.69, 9.17) is 9.47 Å². The van der Waals surface area contributed by atoms with Crippen LogP contribution in [0.25, 0.3) is 0 Å². The minimum Gasteiger partial charge on any atom is -0.497 e. The Balaban J connectivity index is 1.92. The zero-order chi connectivity index (χ0) is 15.9.